The fourth-order valence-corrected chi connectivity index (χ4v) is 5.66. The minimum atomic E-state index is -3.41. The number of carbonyl (C=O) groups is 1. The highest BCUT2D eigenvalue weighted by molar-refractivity contribution is 7.73. The lowest BCUT2D eigenvalue weighted by Gasteiger charge is -2.24. The molecule has 4 nitrogen and oxygen atoms in total. The van der Waals surface area contributed by atoms with E-state index < -0.39 is 7.29 Å². The Bertz CT molecular complexity index is 1260. The maximum absolute atomic E-state index is 14.7. The summed E-state index contributed by atoms with van der Waals surface area (Å²) in [7, 11) is -3.41. The molecule has 4 aromatic carbocycles. The molecule has 33 heavy (non-hydrogen) atoms. The lowest BCUT2D eigenvalue weighted by atomic mass is 10.2. The van der Waals surface area contributed by atoms with Gasteiger partial charge in [-0.3, -0.25) is 14.4 Å². The molecular formula is C28H25N2O2P. The van der Waals surface area contributed by atoms with Crippen LogP contribution < -0.4 is 15.7 Å². The monoisotopic (exact) mass is 452 g/mol. The van der Waals surface area contributed by atoms with Crippen LogP contribution in [0.15, 0.2) is 127 Å². The maximum Gasteiger partial charge on any atom is 0.255 e. The van der Waals surface area contributed by atoms with E-state index in [1.807, 2.05) is 97.1 Å². The van der Waals surface area contributed by atoms with Crippen molar-refractivity contribution >= 4 is 24.6 Å². The zero-order chi connectivity index (χ0) is 22.9. The van der Waals surface area contributed by atoms with Gasteiger partial charge in [-0.15, -0.1) is 0 Å². The van der Waals surface area contributed by atoms with Gasteiger partial charge in [0.2, 0.25) is 7.29 Å². The molecule has 4 aromatic rings. The SMILES string of the molecule is O=C(N/C(=C/c1ccccc1)P(=O)(NCc1ccccc1)c1ccccc1)c1ccccc1. The largest absolute Gasteiger partial charge is 0.318 e. The fourth-order valence-electron chi connectivity index (χ4n) is 3.44. The molecule has 0 saturated heterocycles. The molecule has 0 aliphatic heterocycles. The zero-order valence-corrected chi connectivity index (χ0v) is 19.0. The van der Waals surface area contributed by atoms with Crippen molar-refractivity contribution < 1.29 is 9.36 Å². The average molecular weight is 452 g/mol. The number of hydrogen-bond acceptors (Lipinski definition) is 2. The summed E-state index contributed by atoms with van der Waals surface area (Å²) < 4.78 is 14.7. The van der Waals surface area contributed by atoms with Crippen LogP contribution in [0.2, 0.25) is 0 Å². The first-order valence-electron chi connectivity index (χ1n) is 10.7. The molecule has 1 amide bonds. The first kappa shape index (κ1) is 22.5. The summed E-state index contributed by atoms with van der Waals surface area (Å²) in [6.45, 7) is 0.389. The molecule has 1 atom stereocenters. The van der Waals surface area contributed by atoms with E-state index >= 15 is 0 Å². The van der Waals surface area contributed by atoms with Crippen molar-refractivity contribution in [2.45, 2.75) is 6.54 Å². The predicted octanol–water partition coefficient (Wildman–Crippen LogP) is 5.81. The first-order valence-corrected chi connectivity index (χ1v) is 12.4. The van der Waals surface area contributed by atoms with Crippen molar-refractivity contribution in [1.82, 2.24) is 10.4 Å². The quantitative estimate of drug-likeness (QED) is 0.332. The second-order valence-electron chi connectivity index (χ2n) is 7.53. The zero-order valence-electron chi connectivity index (χ0n) is 18.1. The minimum absolute atomic E-state index is 0.310. The summed E-state index contributed by atoms with van der Waals surface area (Å²) in [4.78, 5) is 13.1. The molecule has 0 heterocycles. The molecule has 1 unspecified atom stereocenters. The van der Waals surface area contributed by atoms with E-state index in [2.05, 4.69) is 10.4 Å². The van der Waals surface area contributed by atoms with Crippen molar-refractivity contribution in [3.8, 4) is 0 Å². The van der Waals surface area contributed by atoms with E-state index in [4.69, 9.17) is 0 Å². The molecule has 0 fully saturated rings. The fraction of sp³-hybridized carbons (Fsp3) is 0.0357. The van der Waals surface area contributed by atoms with E-state index in [1.165, 1.54) is 0 Å². The Morgan fingerprint density at radius 2 is 1.21 bits per heavy atom. The second kappa shape index (κ2) is 10.7. The van der Waals surface area contributed by atoms with Gasteiger partial charge in [-0.1, -0.05) is 97.1 Å². The predicted molar refractivity (Wildman–Crippen MR) is 135 cm³/mol. The molecule has 0 bridgehead atoms. The Morgan fingerprint density at radius 1 is 0.697 bits per heavy atom. The van der Waals surface area contributed by atoms with Gasteiger partial charge in [0.1, 0.15) is 0 Å². The van der Waals surface area contributed by atoms with E-state index in [9.17, 15) is 9.36 Å². The third-order valence-electron chi connectivity index (χ3n) is 5.19. The van der Waals surface area contributed by atoms with E-state index in [1.54, 1.807) is 30.3 Å². The minimum Gasteiger partial charge on any atom is -0.318 e. The van der Waals surface area contributed by atoms with Crippen LogP contribution in [-0.4, -0.2) is 5.91 Å². The Morgan fingerprint density at radius 3 is 1.82 bits per heavy atom. The van der Waals surface area contributed by atoms with Crippen LogP contribution in [0.3, 0.4) is 0 Å². The first-order chi connectivity index (χ1) is 16.1. The Balaban J connectivity index is 1.77. The van der Waals surface area contributed by atoms with Gasteiger partial charge in [-0.2, -0.15) is 0 Å². The number of amides is 1. The molecule has 4 rings (SSSR count). The van der Waals surface area contributed by atoms with Crippen molar-refractivity contribution in [3.05, 3.63) is 143 Å². The molecule has 0 aromatic heterocycles. The van der Waals surface area contributed by atoms with Crippen molar-refractivity contribution in [3.63, 3.8) is 0 Å². The lowest BCUT2D eigenvalue weighted by molar-refractivity contribution is 0.0968. The smallest absolute Gasteiger partial charge is 0.255 e. The van der Waals surface area contributed by atoms with Crippen LogP contribution in [0, 0.1) is 0 Å². The molecule has 2 N–H and O–H groups in total. The number of benzene rings is 4. The topological polar surface area (TPSA) is 58.2 Å². The number of rotatable bonds is 8. The highest BCUT2D eigenvalue weighted by Gasteiger charge is 2.31. The van der Waals surface area contributed by atoms with Crippen LogP contribution in [0.25, 0.3) is 6.08 Å². The summed E-state index contributed by atoms with van der Waals surface area (Å²) >= 11 is 0. The lowest BCUT2D eigenvalue weighted by Crippen LogP contribution is -2.30. The highest BCUT2D eigenvalue weighted by Crippen LogP contribution is 2.48. The van der Waals surface area contributed by atoms with Gasteiger partial charge < -0.3 is 5.32 Å². The van der Waals surface area contributed by atoms with Gasteiger partial charge in [0, 0.05) is 17.4 Å². The Hall–Kier alpha value is -3.72. The molecule has 0 aliphatic rings. The molecule has 0 spiro atoms. The van der Waals surface area contributed by atoms with Crippen LogP contribution >= 0.6 is 7.29 Å². The van der Waals surface area contributed by atoms with Crippen LogP contribution in [-0.2, 0) is 11.1 Å². The third-order valence-corrected chi connectivity index (χ3v) is 7.74. The second-order valence-corrected chi connectivity index (χ2v) is 10.1. The van der Waals surface area contributed by atoms with Gasteiger partial charge >= 0.3 is 0 Å². The summed E-state index contributed by atoms with van der Waals surface area (Å²) in [5.41, 5.74) is 2.68. The summed E-state index contributed by atoms with van der Waals surface area (Å²) in [5.74, 6) is -0.310. The Kier molecular flexibility index (Phi) is 7.31. The van der Waals surface area contributed by atoms with Gasteiger partial charge in [0.05, 0.1) is 5.44 Å². The van der Waals surface area contributed by atoms with Crippen LogP contribution in [0.1, 0.15) is 21.5 Å². The van der Waals surface area contributed by atoms with Crippen molar-refractivity contribution in [1.29, 1.82) is 0 Å². The molecule has 164 valence electrons. The van der Waals surface area contributed by atoms with Gasteiger partial charge in [-0.05, 0) is 41.5 Å². The molecule has 0 radical (unpaired) electrons. The third kappa shape index (κ3) is 5.75. The summed E-state index contributed by atoms with van der Waals surface area (Å²) in [6.07, 6.45) is 1.78. The normalized spacial score (nSPS) is 13.2. The van der Waals surface area contributed by atoms with Gasteiger partial charge in [0.15, 0.2) is 0 Å². The number of nitrogens with one attached hydrogen (secondary N) is 2. The highest BCUT2D eigenvalue weighted by atomic mass is 31.2. The van der Waals surface area contributed by atoms with E-state index in [-0.39, 0.29) is 5.91 Å². The number of carbonyl (C=O) groups excluding carboxylic acids is 1. The van der Waals surface area contributed by atoms with E-state index in [0.29, 0.717) is 22.9 Å². The van der Waals surface area contributed by atoms with Crippen LogP contribution in [0.4, 0.5) is 0 Å². The van der Waals surface area contributed by atoms with Crippen molar-refractivity contribution in [2.75, 3.05) is 0 Å². The standard InChI is InChI=1S/C28H25N2O2P/c31-28(25-17-9-3-10-18-25)30-27(21-23-13-5-1-6-14-23)33(32,26-19-11-4-12-20-26)29-22-24-15-7-2-8-16-24/h1-21H,22H2,(H,29,32)(H,30,31)/b27-21-. The molecular weight excluding hydrogens is 427 g/mol. The maximum atomic E-state index is 14.7. The summed E-state index contributed by atoms with van der Waals surface area (Å²) in [5, 5.41) is 6.85. The van der Waals surface area contributed by atoms with Gasteiger partial charge in [-0.25, -0.2) is 0 Å². The molecule has 0 aliphatic carbocycles. The molecule has 5 heteroatoms. The van der Waals surface area contributed by atoms with Gasteiger partial charge in [0.25, 0.3) is 5.91 Å². The molecule has 0 saturated carbocycles. The Labute approximate surface area is 194 Å². The van der Waals surface area contributed by atoms with E-state index in [0.717, 1.165) is 11.1 Å². The summed E-state index contributed by atoms with van der Waals surface area (Å²) in [6, 6.07) is 37.5. The number of hydrogen-bond donors (Lipinski definition) is 2. The average Bonchev–Trinajstić information content (AvgIpc) is 2.89. The van der Waals surface area contributed by atoms with Crippen LogP contribution in [0.5, 0.6) is 0 Å². The van der Waals surface area contributed by atoms with Crippen molar-refractivity contribution in [2.24, 2.45) is 0 Å².